The van der Waals surface area contributed by atoms with Crippen molar-refractivity contribution in [3.05, 3.63) is 0 Å². The molecule has 0 spiro atoms. The van der Waals surface area contributed by atoms with Crippen LogP contribution in [0.25, 0.3) is 0 Å². The van der Waals surface area contributed by atoms with Crippen molar-refractivity contribution in [3.8, 4) is 11.8 Å². The van der Waals surface area contributed by atoms with Crippen molar-refractivity contribution in [2.24, 2.45) is 11.8 Å². The molecule has 0 saturated heterocycles. The molecule has 0 aromatic rings. The maximum Gasteiger partial charge on any atom is 0.509 e. The molecule has 0 fully saturated rings. The topological polar surface area (TPSA) is 78.9 Å². The predicted molar refractivity (Wildman–Crippen MR) is 70.7 cm³/mol. The molecule has 0 amide bonds. The number of rotatable bonds is 6. The zero-order chi connectivity index (χ0) is 15.5. The monoisotopic (exact) mass is 284 g/mol. The third-order valence-electron chi connectivity index (χ3n) is 2.35. The molecule has 0 aromatic heterocycles. The van der Waals surface area contributed by atoms with E-state index in [2.05, 4.69) is 26.1 Å². The molecular weight excluding hydrogens is 264 g/mol. The number of methoxy groups -OCH3 is 1. The Balaban J connectivity index is 4.38. The lowest BCUT2D eigenvalue weighted by Gasteiger charge is -2.12. The summed E-state index contributed by atoms with van der Waals surface area (Å²) in [6.45, 7) is 5.14. The van der Waals surface area contributed by atoms with Crippen molar-refractivity contribution in [2.75, 3.05) is 20.3 Å². The number of hydrogen-bond donors (Lipinski definition) is 0. The van der Waals surface area contributed by atoms with Gasteiger partial charge in [0.1, 0.15) is 5.92 Å². The van der Waals surface area contributed by atoms with Gasteiger partial charge in [0.2, 0.25) is 0 Å². The molecule has 1 atom stereocenters. The van der Waals surface area contributed by atoms with Crippen molar-refractivity contribution in [2.45, 2.75) is 27.2 Å². The van der Waals surface area contributed by atoms with Crippen LogP contribution in [0.2, 0.25) is 0 Å². The molecule has 0 radical (unpaired) electrons. The summed E-state index contributed by atoms with van der Waals surface area (Å²) in [4.78, 5) is 34.2. The van der Waals surface area contributed by atoms with Crippen LogP contribution in [0, 0.1) is 23.7 Å². The van der Waals surface area contributed by atoms with Gasteiger partial charge in [-0.25, -0.2) is 4.79 Å². The van der Waals surface area contributed by atoms with Gasteiger partial charge in [0.15, 0.2) is 12.4 Å². The Labute approximate surface area is 118 Å². The molecule has 0 rings (SSSR count). The molecule has 0 aromatic carbocycles. The number of esters is 1. The second kappa shape index (κ2) is 9.84. The summed E-state index contributed by atoms with van der Waals surface area (Å²) in [6, 6.07) is 0. The fraction of sp³-hybridized carbons (Fsp3) is 0.643. The fourth-order valence-electron chi connectivity index (χ4n) is 1.32. The molecular formula is C14H20O6. The van der Waals surface area contributed by atoms with E-state index in [9.17, 15) is 14.4 Å². The fourth-order valence-corrected chi connectivity index (χ4v) is 1.32. The van der Waals surface area contributed by atoms with Crippen molar-refractivity contribution in [1.29, 1.82) is 0 Å². The number of carbonyl (C=O) groups excluding carboxylic acids is 3. The van der Waals surface area contributed by atoms with E-state index in [-0.39, 0.29) is 31.3 Å². The maximum atomic E-state index is 11.8. The molecule has 20 heavy (non-hydrogen) atoms. The van der Waals surface area contributed by atoms with Crippen LogP contribution in [-0.2, 0) is 23.8 Å². The van der Waals surface area contributed by atoms with Gasteiger partial charge in [-0.3, -0.25) is 9.59 Å². The smallest absolute Gasteiger partial charge is 0.468 e. The Morgan fingerprint density at radius 3 is 2.25 bits per heavy atom. The lowest BCUT2D eigenvalue weighted by molar-refractivity contribution is -0.150. The summed E-state index contributed by atoms with van der Waals surface area (Å²) >= 11 is 0. The first-order valence-electron chi connectivity index (χ1n) is 6.30. The molecule has 112 valence electrons. The van der Waals surface area contributed by atoms with Gasteiger partial charge in [0.25, 0.3) is 0 Å². The van der Waals surface area contributed by atoms with Gasteiger partial charge in [0, 0.05) is 12.3 Å². The Hall–Kier alpha value is -2.03. The van der Waals surface area contributed by atoms with Crippen molar-refractivity contribution < 1.29 is 28.6 Å². The molecule has 0 bridgehead atoms. The van der Waals surface area contributed by atoms with Crippen molar-refractivity contribution in [3.63, 3.8) is 0 Å². The van der Waals surface area contributed by atoms with Crippen LogP contribution >= 0.6 is 0 Å². The minimum atomic E-state index is -0.907. The van der Waals surface area contributed by atoms with Crippen molar-refractivity contribution >= 4 is 17.9 Å². The van der Waals surface area contributed by atoms with Crippen LogP contribution in [0.5, 0.6) is 0 Å². The van der Waals surface area contributed by atoms with E-state index in [1.54, 1.807) is 20.8 Å². The van der Waals surface area contributed by atoms with Gasteiger partial charge >= 0.3 is 12.1 Å². The molecule has 6 nitrogen and oxygen atoms in total. The van der Waals surface area contributed by atoms with E-state index in [0.29, 0.717) is 0 Å². The highest BCUT2D eigenvalue weighted by molar-refractivity contribution is 6.00. The van der Waals surface area contributed by atoms with Crippen LogP contribution < -0.4 is 0 Å². The highest BCUT2D eigenvalue weighted by Crippen LogP contribution is 2.12. The first kappa shape index (κ1) is 18.0. The highest BCUT2D eigenvalue weighted by Gasteiger charge is 2.28. The van der Waals surface area contributed by atoms with Crippen molar-refractivity contribution in [1.82, 2.24) is 0 Å². The summed E-state index contributed by atoms with van der Waals surface area (Å²) < 4.78 is 13.7. The number of Topliss-reactive ketones (excluding diaryl/α,β-unsaturated/α-hetero) is 1. The van der Waals surface area contributed by atoms with E-state index >= 15 is 0 Å². The number of ketones is 1. The lowest BCUT2D eigenvalue weighted by Crippen LogP contribution is -2.28. The van der Waals surface area contributed by atoms with E-state index in [4.69, 9.17) is 0 Å². The zero-order valence-corrected chi connectivity index (χ0v) is 12.2. The Bertz CT molecular complexity index is 402. The minimum Gasteiger partial charge on any atom is -0.468 e. The number of ether oxygens (including phenoxy) is 3. The first-order chi connectivity index (χ1) is 9.43. The molecule has 0 aliphatic rings. The Morgan fingerprint density at radius 1 is 1.10 bits per heavy atom. The van der Waals surface area contributed by atoms with E-state index in [1.807, 2.05) is 0 Å². The zero-order valence-electron chi connectivity index (χ0n) is 12.2. The molecule has 0 saturated carbocycles. The number of carbonyl (C=O) groups is 3. The largest absolute Gasteiger partial charge is 0.509 e. The molecule has 0 aliphatic carbocycles. The van der Waals surface area contributed by atoms with Gasteiger partial charge in [-0.1, -0.05) is 25.7 Å². The van der Waals surface area contributed by atoms with Crippen LogP contribution in [0.3, 0.4) is 0 Å². The van der Waals surface area contributed by atoms with Gasteiger partial charge in [-0.2, -0.15) is 0 Å². The van der Waals surface area contributed by atoms with E-state index < -0.39 is 18.0 Å². The number of hydrogen-bond acceptors (Lipinski definition) is 6. The molecule has 0 aliphatic heterocycles. The standard InChI is InChI=1S/C14H20O6/c1-5-19-14(17)20-9-7-6-8-11(13(16)18-4)12(15)10(2)3/h10-11H,5,8-9H2,1-4H3. The maximum absolute atomic E-state index is 11.8. The van der Waals surface area contributed by atoms with E-state index in [0.717, 1.165) is 0 Å². The molecule has 1 unspecified atom stereocenters. The first-order valence-corrected chi connectivity index (χ1v) is 6.30. The third kappa shape index (κ3) is 6.78. The second-order valence-electron chi connectivity index (χ2n) is 4.16. The predicted octanol–water partition coefficient (Wildman–Crippen LogP) is 1.57. The van der Waals surface area contributed by atoms with Crippen LogP contribution in [-0.4, -0.2) is 38.2 Å². The molecule has 0 heterocycles. The summed E-state index contributed by atoms with van der Waals surface area (Å²) in [7, 11) is 1.22. The summed E-state index contributed by atoms with van der Waals surface area (Å²) in [5, 5.41) is 0. The SMILES string of the molecule is CCOC(=O)OCC#CCC(C(=O)OC)C(=O)C(C)C. The summed E-state index contributed by atoms with van der Waals surface area (Å²) in [6.07, 6.45) is -0.764. The van der Waals surface area contributed by atoms with Crippen LogP contribution in [0.1, 0.15) is 27.2 Å². The van der Waals surface area contributed by atoms with E-state index in [1.165, 1.54) is 7.11 Å². The highest BCUT2D eigenvalue weighted by atomic mass is 16.7. The normalized spacial score (nSPS) is 11.1. The Kier molecular flexibility index (Phi) is 8.84. The van der Waals surface area contributed by atoms with Gasteiger partial charge in [-0.15, -0.1) is 0 Å². The minimum absolute atomic E-state index is 0.0376. The quantitative estimate of drug-likeness (QED) is 0.418. The second-order valence-corrected chi connectivity index (χ2v) is 4.16. The molecule has 6 heteroatoms. The van der Waals surface area contributed by atoms with Gasteiger partial charge in [0.05, 0.1) is 13.7 Å². The molecule has 0 N–H and O–H groups in total. The summed E-state index contributed by atoms with van der Waals surface area (Å²) in [5.74, 6) is 3.15. The van der Waals surface area contributed by atoms with Crippen LogP contribution in [0.4, 0.5) is 4.79 Å². The lowest BCUT2D eigenvalue weighted by atomic mass is 9.93. The average molecular weight is 284 g/mol. The summed E-state index contributed by atoms with van der Waals surface area (Å²) in [5.41, 5.74) is 0. The van der Waals surface area contributed by atoms with Gasteiger partial charge in [-0.05, 0) is 6.92 Å². The van der Waals surface area contributed by atoms with Gasteiger partial charge < -0.3 is 14.2 Å². The van der Waals surface area contributed by atoms with Crippen LogP contribution in [0.15, 0.2) is 0 Å². The third-order valence-corrected chi connectivity index (χ3v) is 2.35. The Morgan fingerprint density at radius 2 is 1.75 bits per heavy atom. The average Bonchev–Trinajstić information content (AvgIpc) is 2.41.